The number of imidazole rings is 1. The van der Waals surface area contributed by atoms with Crippen LogP contribution in [0.3, 0.4) is 0 Å². The summed E-state index contributed by atoms with van der Waals surface area (Å²) in [7, 11) is 0. The van der Waals surface area contributed by atoms with Crippen molar-refractivity contribution in [3.05, 3.63) is 75.1 Å². The zero-order chi connectivity index (χ0) is 19.8. The molecule has 0 atom stereocenters. The predicted octanol–water partition coefficient (Wildman–Crippen LogP) is 2.88. The minimum Gasteiger partial charge on any atom is -0.382 e. The van der Waals surface area contributed by atoms with Gasteiger partial charge in [-0.1, -0.05) is 0 Å². The van der Waals surface area contributed by atoms with Crippen molar-refractivity contribution in [2.45, 2.75) is 0 Å². The van der Waals surface area contributed by atoms with E-state index in [0.717, 1.165) is 0 Å². The molecule has 0 bridgehead atoms. The molecule has 11 heteroatoms. The number of anilines is 1. The maximum absolute atomic E-state index is 10.8. The predicted molar refractivity (Wildman–Crippen MR) is 99.8 cm³/mol. The van der Waals surface area contributed by atoms with Crippen molar-refractivity contribution < 1.29 is 9.85 Å². The third-order valence-corrected chi connectivity index (χ3v) is 4.10. The number of nitro benzene ring substituents is 2. The number of nitrogens with zero attached hydrogens (tertiary/aromatic N) is 6. The van der Waals surface area contributed by atoms with Crippen LogP contribution >= 0.6 is 0 Å². The van der Waals surface area contributed by atoms with E-state index in [4.69, 9.17) is 5.73 Å². The highest BCUT2D eigenvalue weighted by molar-refractivity contribution is 5.85. The molecule has 0 spiro atoms. The fourth-order valence-corrected chi connectivity index (χ4v) is 2.71. The van der Waals surface area contributed by atoms with E-state index >= 15 is 0 Å². The van der Waals surface area contributed by atoms with E-state index in [9.17, 15) is 20.2 Å². The monoisotopic (exact) mass is 377 g/mol. The van der Waals surface area contributed by atoms with Crippen LogP contribution in [0, 0.1) is 20.2 Å². The van der Waals surface area contributed by atoms with Crippen LogP contribution in [0.2, 0.25) is 0 Å². The Morgan fingerprint density at radius 2 is 1.43 bits per heavy atom. The van der Waals surface area contributed by atoms with Gasteiger partial charge in [0.2, 0.25) is 0 Å². The van der Waals surface area contributed by atoms with Crippen molar-refractivity contribution in [2.75, 3.05) is 5.73 Å². The highest BCUT2D eigenvalue weighted by Crippen LogP contribution is 2.26. The lowest BCUT2D eigenvalue weighted by molar-refractivity contribution is -0.385. The van der Waals surface area contributed by atoms with Gasteiger partial charge in [-0.05, 0) is 24.3 Å². The Balaban J connectivity index is 1.82. The van der Waals surface area contributed by atoms with Crippen LogP contribution < -0.4 is 5.73 Å². The summed E-state index contributed by atoms with van der Waals surface area (Å²) in [5, 5.41) is 21.6. The van der Waals surface area contributed by atoms with Gasteiger partial charge in [0.25, 0.3) is 11.4 Å². The van der Waals surface area contributed by atoms with Gasteiger partial charge in [-0.3, -0.25) is 24.8 Å². The zero-order valence-corrected chi connectivity index (χ0v) is 14.1. The van der Waals surface area contributed by atoms with Crippen LogP contribution in [0.1, 0.15) is 0 Å². The van der Waals surface area contributed by atoms with Crippen molar-refractivity contribution >= 4 is 28.4 Å². The highest BCUT2D eigenvalue weighted by atomic mass is 16.6. The second-order valence-electron chi connectivity index (χ2n) is 5.80. The summed E-state index contributed by atoms with van der Waals surface area (Å²) in [5.74, 6) is 0.433. The highest BCUT2D eigenvalue weighted by Gasteiger charge is 2.15. The van der Waals surface area contributed by atoms with Crippen LogP contribution in [-0.2, 0) is 0 Å². The van der Waals surface area contributed by atoms with Crippen molar-refractivity contribution in [3.63, 3.8) is 0 Å². The van der Waals surface area contributed by atoms with Crippen LogP contribution in [-0.4, -0.2) is 29.4 Å². The van der Waals surface area contributed by atoms with Gasteiger partial charge >= 0.3 is 0 Å². The lowest BCUT2D eigenvalue weighted by Gasteiger charge is -2.06. The number of rotatable bonds is 4. The van der Waals surface area contributed by atoms with E-state index in [0.29, 0.717) is 22.4 Å². The number of nitrogen functional groups attached to an aromatic ring is 1. The molecule has 0 fully saturated rings. The molecule has 0 amide bonds. The average molecular weight is 377 g/mol. The number of nitrogens with two attached hydrogens (primary N) is 1. The Kier molecular flexibility index (Phi) is 3.89. The molecule has 4 rings (SSSR count). The summed E-state index contributed by atoms with van der Waals surface area (Å²) >= 11 is 0. The Morgan fingerprint density at radius 1 is 0.857 bits per heavy atom. The molecule has 4 aromatic rings. The summed E-state index contributed by atoms with van der Waals surface area (Å²) < 4.78 is 1.63. The fraction of sp³-hybridized carbons (Fsp3) is 0. The molecule has 2 aromatic carbocycles. The molecule has 138 valence electrons. The molecule has 11 nitrogen and oxygen atoms in total. The van der Waals surface area contributed by atoms with Crippen LogP contribution in [0.5, 0.6) is 0 Å². The second-order valence-corrected chi connectivity index (χ2v) is 5.80. The first-order valence-corrected chi connectivity index (χ1v) is 7.94. The third-order valence-electron chi connectivity index (χ3n) is 4.10. The number of fused-ring (bicyclic) bond motifs is 1. The van der Waals surface area contributed by atoms with Crippen molar-refractivity contribution in [2.24, 2.45) is 0 Å². The minimum atomic E-state index is -0.494. The number of non-ortho nitro benzene ring substituents is 2. The van der Waals surface area contributed by atoms with Gasteiger partial charge in [-0.15, -0.1) is 0 Å². The minimum absolute atomic E-state index is 0.0334. The second kappa shape index (κ2) is 6.39. The van der Waals surface area contributed by atoms with Gasteiger partial charge < -0.3 is 5.73 Å². The maximum Gasteiger partial charge on any atom is 0.269 e. The molecule has 0 saturated carbocycles. The topological polar surface area (TPSA) is 156 Å². The molecular weight excluding hydrogens is 366 g/mol. The molecule has 0 aliphatic rings. The summed E-state index contributed by atoms with van der Waals surface area (Å²) in [4.78, 5) is 33.6. The van der Waals surface area contributed by atoms with Crippen LogP contribution in [0.25, 0.3) is 28.2 Å². The Bertz CT molecular complexity index is 1220. The van der Waals surface area contributed by atoms with E-state index < -0.39 is 9.85 Å². The van der Waals surface area contributed by atoms with Gasteiger partial charge in [0.15, 0.2) is 22.8 Å². The van der Waals surface area contributed by atoms with Crippen molar-refractivity contribution in [1.29, 1.82) is 0 Å². The Morgan fingerprint density at radius 3 is 2.00 bits per heavy atom. The Hall–Kier alpha value is -4.41. The van der Waals surface area contributed by atoms with E-state index in [2.05, 4.69) is 15.0 Å². The molecule has 2 heterocycles. The summed E-state index contributed by atoms with van der Waals surface area (Å²) in [6.45, 7) is 0. The number of benzene rings is 2. The van der Waals surface area contributed by atoms with E-state index in [-0.39, 0.29) is 23.0 Å². The molecule has 0 unspecified atom stereocenters. The molecule has 28 heavy (non-hydrogen) atoms. The standard InChI is InChI=1S/C17H11N7O4/c18-15-14-17(21-16(20-15)10-1-3-12(4-2-10)23(25)26)22(9-19-14)11-5-7-13(8-6-11)24(27)28/h1-9H,(H2,18,20,21). The first-order chi connectivity index (χ1) is 13.4. The van der Waals surface area contributed by atoms with Crippen molar-refractivity contribution in [3.8, 4) is 17.1 Å². The number of nitro groups is 2. The smallest absolute Gasteiger partial charge is 0.269 e. The first-order valence-electron chi connectivity index (χ1n) is 7.94. The number of aromatic nitrogens is 4. The number of hydrogen-bond donors (Lipinski definition) is 1. The largest absolute Gasteiger partial charge is 0.382 e. The van der Waals surface area contributed by atoms with E-state index in [1.165, 1.54) is 42.7 Å². The van der Waals surface area contributed by atoms with Crippen molar-refractivity contribution in [1.82, 2.24) is 19.5 Å². The van der Waals surface area contributed by atoms with Gasteiger partial charge in [0.05, 0.1) is 9.85 Å². The van der Waals surface area contributed by atoms with Gasteiger partial charge in [-0.25, -0.2) is 15.0 Å². The average Bonchev–Trinajstić information content (AvgIpc) is 3.12. The summed E-state index contributed by atoms with van der Waals surface area (Å²) in [6.07, 6.45) is 1.50. The van der Waals surface area contributed by atoms with Gasteiger partial charge in [-0.2, -0.15) is 0 Å². The first kappa shape index (κ1) is 17.0. The SMILES string of the molecule is Nc1nc(-c2ccc([N+](=O)[O-])cc2)nc2c1ncn2-c1ccc([N+](=O)[O-])cc1. The molecule has 0 radical (unpaired) electrons. The quantitative estimate of drug-likeness (QED) is 0.420. The maximum atomic E-state index is 10.8. The van der Waals surface area contributed by atoms with E-state index in [1.807, 2.05) is 0 Å². The Labute approximate surface area is 156 Å². The molecular formula is C17H11N7O4. The fourth-order valence-electron chi connectivity index (χ4n) is 2.71. The molecule has 0 aliphatic heterocycles. The van der Waals surface area contributed by atoms with Gasteiger partial charge in [0.1, 0.15) is 6.33 Å². The molecule has 2 N–H and O–H groups in total. The van der Waals surface area contributed by atoms with Crippen LogP contribution in [0.4, 0.5) is 17.2 Å². The molecule has 2 aromatic heterocycles. The summed E-state index contributed by atoms with van der Waals surface area (Å²) in [6, 6.07) is 11.7. The summed E-state index contributed by atoms with van der Waals surface area (Å²) in [5.41, 5.74) is 7.88. The molecule has 0 aliphatic carbocycles. The van der Waals surface area contributed by atoms with Crippen LogP contribution in [0.15, 0.2) is 54.9 Å². The molecule has 0 saturated heterocycles. The zero-order valence-electron chi connectivity index (χ0n) is 14.1. The lowest BCUT2D eigenvalue weighted by Crippen LogP contribution is -2.01. The third kappa shape index (κ3) is 2.86. The normalized spacial score (nSPS) is 10.9. The van der Waals surface area contributed by atoms with E-state index in [1.54, 1.807) is 16.7 Å². The number of hydrogen-bond acceptors (Lipinski definition) is 8. The van der Waals surface area contributed by atoms with Gasteiger partial charge in [0, 0.05) is 35.5 Å². The lowest BCUT2D eigenvalue weighted by atomic mass is 10.2.